The lowest BCUT2D eigenvalue weighted by Crippen LogP contribution is -2.49. The van der Waals surface area contributed by atoms with Crippen LogP contribution in [-0.4, -0.2) is 34.2 Å². The van der Waals surface area contributed by atoms with Gasteiger partial charge < -0.3 is 10.1 Å². The quantitative estimate of drug-likeness (QED) is 0.889. The van der Waals surface area contributed by atoms with E-state index in [0.29, 0.717) is 10.4 Å². The van der Waals surface area contributed by atoms with Crippen molar-refractivity contribution in [1.82, 2.24) is 15.3 Å². The summed E-state index contributed by atoms with van der Waals surface area (Å²) in [5.41, 5.74) is 0. The third-order valence-electron chi connectivity index (χ3n) is 2.76. The van der Waals surface area contributed by atoms with Gasteiger partial charge in [-0.2, -0.15) is 0 Å². The average molecular weight is 329 g/mol. The van der Waals surface area contributed by atoms with Crippen LogP contribution in [0, 0.1) is 0 Å². The second kappa shape index (κ2) is 6.29. The third kappa shape index (κ3) is 4.43. The van der Waals surface area contributed by atoms with Crippen molar-refractivity contribution in [1.29, 1.82) is 0 Å². The van der Waals surface area contributed by atoms with Gasteiger partial charge in [0.25, 0.3) is 0 Å². The molecule has 0 bridgehead atoms. The minimum Gasteiger partial charge on any atom is -0.375 e. The highest BCUT2D eigenvalue weighted by atomic mass is 79.9. The van der Waals surface area contributed by atoms with Gasteiger partial charge in [0.15, 0.2) is 5.82 Å². The molecule has 1 aliphatic carbocycles. The minimum atomic E-state index is -0.260. The van der Waals surface area contributed by atoms with Crippen LogP contribution in [0.4, 0.5) is 10.6 Å². The van der Waals surface area contributed by atoms with Gasteiger partial charge in [-0.15, -0.1) is 0 Å². The van der Waals surface area contributed by atoms with E-state index in [2.05, 4.69) is 36.5 Å². The van der Waals surface area contributed by atoms with Gasteiger partial charge in [0.1, 0.15) is 4.60 Å². The summed E-state index contributed by atoms with van der Waals surface area (Å²) in [5, 5.41) is 5.51. The Morgan fingerprint density at radius 2 is 2.16 bits per heavy atom. The number of hydrogen-bond acceptors (Lipinski definition) is 4. The first-order chi connectivity index (χ1) is 9.02. The lowest BCUT2D eigenvalue weighted by molar-refractivity contribution is -0.0473. The Morgan fingerprint density at radius 3 is 2.74 bits per heavy atom. The van der Waals surface area contributed by atoms with E-state index >= 15 is 0 Å². The molecule has 1 aromatic heterocycles. The minimum absolute atomic E-state index is 0.173. The maximum absolute atomic E-state index is 11.7. The van der Waals surface area contributed by atoms with E-state index in [4.69, 9.17) is 4.74 Å². The number of anilines is 1. The molecule has 1 fully saturated rings. The number of rotatable bonds is 4. The molecule has 0 saturated heterocycles. The molecule has 0 atom stereocenters. The summed E-state index contributed by atoms with van der Waals surface area (Å²) in [5.74, 6) is 0.426. The van der Waals surface area contributed by atoms with Gasteiger partial charge in [0.2, 0.25) is 0 Å². The SMILES string of the molecule is CC(C)OC1CC(NC(=O)Nc2cnc(Br)cn2)C1. The van der Waals surface area contributed by atoms with E-state index in [9.17, 15) is 4.79 Å². The molecule has 1 saturated carbocycles. The zero-order valence-electron chi connectivity index (χ0n) is 10.9. The maximum Gasteiger partial charge on any atom is 0.320 e. The monoisotopic (exact) mass is 328 g/mol. The molecule has 0 aromatic carbocycles. The highest BCUT2D eigenvalue weighted by molar-refractivity contribution is 9.10. The maximum atomic E-state index is 11.7. The fourth-order valence-electron chi connectivity index (χ4n) is 1.89. The summed E-state index contributed by atoms with van der Waals surface area (Å²) in [7, 11) is 0. The fraction of sp³-hybridized carbons (Fsp3) is 0.583. The number of halogens is 1. The molecule has 6 nitrogen and oxygen atoms in total. The van der Waals surface area contributed by atoms with Crippen molar-refractivity contribution in [2.45, 2.75) is 44.9 Å². The van der Waals surface area contributed by atoms with Gasteiger partial charge in [-0.05, 0) is 42.6 Å². The fourth-order valence-corrected chi connectivity index (χ4v) is 2.10. The first kappa shape index (κ1) is 14.2. The summed E-state index contributed by atoms with van der Waals surface area (Å²) in [6, 6.07) is -0.0863. The highest BCUT2D eigenvalue weighted by Crippen LogP contribution is 2.24. The molecular weight excluding hydrogens is 312 g/mol. The molecule has 1 aromatic rings. The van der Waals surface area contributed by atoms with Crippen molar-refractivity contribution < 1.29 is 9.53 Å². The van der Waals surface area contributed by atoms with E-state index in [-0.39, 0.29) is 24.3 Å². The Balaban J connectivity index is 1.70. The predicted octanol–water partition coefficient (Wildman–Crippen LogP) is 2.32. The molecule has 0 radical (unpaired) electrons. The van der Waals surface area contributed by atoms with Crippen LogP contribution in [0.1, 0.15) is 26.7 Å². The molecule has 2 N–H and O–H groups in total. The molecule has 1 heterocycles. The Bertz CT molecular complexity index is 432. The van der Waals surface area contributed by atoms with Gasteiger partial charge in [-0.1, -0.05) is 0 Å². The van der Waals surface area contributed by atoms with Gasteiger partial charge in [0.05, 0.1) is 24.6 Å². The summed E-state index contributed by atoms with van der Waals surface area (Å²) in [6.45, 7) is 4.03. The zero-order chi connectivity index (χ0) is 13.8. The Morgan fingerprint density at radius 1 is 1.42 bits per heavy atom. The first-order valence-corrected chi connectivity index (χ1v) is 7.02. The van der Waals surface area contributed by atoms with E-state index < -0.39 is 0 Å². The van der Waals surface area contributed by atoms with Crippen molar-refractivity contribution in [2.24, 2.45) is 0 Å². The summed E-state index contributed by atoms with van der Waals surface area (Å²) >= 11 is 3.18. The topological polar surface area (TPSA) is 76.1 Å². The van der Waals surface area contributed by atoms with Crippen molar-refractivity contribution in [3.8, 4) is 0 Å². The van der Waals surface area contributed by atoms with Crippen molar-refractivity contribution in [2.75, 3.05) is 5.32 Å². The van der Waals surface area contributed by atoms with Crippen LogP contribution in [0.2, 0.25) is 0 Å². The molecule has 2 rings (SSSR count). The molecular formula is C12H17BrN4O2. The smallest absolute Gasteiger partial charge is 0.320 e. The van der Waals surface area contributed by atoms with E-state index in [1.807, 2.05) is 13.8 Å². The normalized spacial score (nSPS) is 21.9. The number of aromatic nitrogens is 2. The molecule has 2 amide bonds. The van der Waals surface area contributed by atoms with Crippen LogP contribution in [0.25, 0.3) is 0 Å². The Labute approximate surface area is 120 Å². The first-order valence-electron chi connectivity index (χ1n) is 6.23. The molecule has 0 unspecified atom stereocenters. The number of ether oxygens (including phenoxy) is 1. The van der Waals surface area contributed by atoms with Crippen molar-refractivity contribution in [3.63, 3.8) is 0 Å². The molecule has 1 aliphatic rings. The number of amides is 2. The molecule has 104 valence electrons. The van der Waals surface area contributed by atoms with Gasteiger partial charge in [-0.25, -0.2) is 14.8 Å². The average Bonchev–Trinajstić information content (AvgIpc) is 2.29. The lowest BCUT2D eigenvalue weighted by Gasteiger charge is -2.36. The van der Waals surface area contributed by atoms with E-state index in [1.54, 1.807) is 0 Å². The number of carbonyl (C=O) groups is 1. The van der Waals surface area contributed by atoms with Gasteiger partial charge in [-0.3, -0.25) is 5.32 Å². The zero-order valence-corrected chi connectivity index (χ0v) is 12.5. The van der Waals surface area contributed by atoms with Crippen LogP contribution in [-0.2, 0) is 4.74 Å². The van der Waals surface area contributed by atoms with Crippen LogP contribution in [0.15, 0.2) is 17.0 Å². The Hall–Kier alpha value is -1.21. The Kier molecular flexibility index (Phi) is 4.71. The predicted molar refractivity (Wildman–Crippen MR) is 74.9 cm³/mol. The number of carbonyl (C=O) groups excluding carboxylic acids is 1. The summed E-state index contributed by atoms with van der Waals surface area (Å²) in [6.07, 6.45) is 5.24. The molecule has 7 heteroatoms. The van der Waals surface area contributed by atoms with Crippen LogP contribution < -0.4 is 10.6 Å². The molecule has 0 aliphatic heterocycles. The van der Waals surface area contributed by atoms with Crippen LogP contribution >= 0.6 is 15.9 Å². The number of urea groups is 1. The van der Waals surface area contributed by atoms with Crippen molar-refractivity contribution >= 4 is 27.8 Å². The van der Waals surface area contributed by atoms with Crippen LogP contribution in [0.5, 0.6) is 0 Å². The largest absolute Gasteiger partial charge is 0.375 e. The van der Waals surface area contributed by atoms with E-state index in [0.717, 1.165) is 12.8 Å². The number of hydrogen-bond donors (Lipinski definition) is 2. The van der Waals surface area contributed by atoms with E-state index in [1.165, 1.54) is 12.4 Å². The van der Waals surface area contributed by atoms with Crippen molar-refractivity contribution in [3.05, 3.63) is 17.0 Å². The number of nitrogens with zero attached hydrogens (tertiary/aromatic N) is 2. The van der Waals surface area contributed by atoms with Gasteiger partial charge >= 0.3 is 6.03 Å². The summed E-state index contributed by atoms with van der Waals surface area (Å²) in [4.78, 5) is 19.7. The molecule has 19 heavy (non-hydrogen) atoms. The highest BCUT2D eigenvalue weighted by Gasteiger charge is 2.31. The standard InChI is InChI=1S/C12H17BrN4O2/c1-7(2)19-9-3-8(4-9)16-12(18)17-11-6-14-10(13)5-15-11/h5-9H,3-4H2,1-2H3,(H2,15,16,17,18). The lowest BCUT2D eigenvalue weighted by atomic mass is 9.89. The second-order valence-electron chi connectivity index (χ2n) is 4.80. The second-order valence-corrected chi connectivity index (χ2v) is 5.61. The molecule has 0 spiro atoms. The van der Waals surface area contributed by atoms with Crippen LogP contribution in [0.3, 0.4) is 0 Å². The third-order valence-corrected chi connectivity index (χ3v) is 3.17. The number of nitrogens with one attached hydrogen (secondary N) is 2. The van der Waals surface area contributed by atoms with Gasteiger partial charge in [0, 0.05) is 6.04 Å². The summed E-state index contributed by atoms with van der Waals surface area (Å²) < 4.78 is 6.26.